The van der Waals surface area contributed by atoms with Gasteiger partial charge in [0.25, 0.3) is 0 Å². The Morgan fingerprint density at radius 3 is 2.28 bits per heavy atom. The summed E-state index contributed by atoms with van der Waals surface area (Å²) in [4.78, 5) is 0. The molecule has 0 aliphatic rings. The third-order valence-corrected chi connectivity index (χ3v) is 2.02. The molecule has 1 heterocycles. The van der Waals surface area contributed by atoms with Gasteiger partial charge in [-0.2, -0.15) is 13.2 Å². The minimum Gasteiger partial charge on any atom is -0.461 e. The first-order valence-corrected chi connectivity index (χ1v) is 4.84. The lowest BCUT2D eigenvalue weighted by Gasteiger charge is -1.96. The SMILES string of the molecule is Cc1coc2c(F)cc(F)cc12.NCC(F)(F)F. The quantitative estimate of drug-likeness (QED) is 0.742. The van der Waals surface area contributed by atoms with Crippen LogP contribution in [0.15, 0.2) is 22.8 Å². The fourth-order valence-electron chi connectivity index (χ4n) is 1.18. The van der Waals surface area contributed by atoms with Crippen LogP contribution in [-0.2, 0) is 0 Å². The Balaban J connectivity index is 0.000000232. The number of nitrogens with two attached hydrogens (primary N) is 1. The average molecular weight is 267 g/mol. The predicted octanol–water partition coefficient (Wildman–Crippen LogP) is 3.53. The van der Waals surface area contributed by atoms with E-state index in [2.05, 4.69) is 5.73 Å². The maximum Gasteiger partial charge on any atom is 0.400 e. The Morgan fingerprint density at radius 2 is 1.78 bits per heavy atom. The molecule has 0 saturated heterocycles. The molecule has 2 N–H and O–H groups in total. The molecule has 0 spiro atoms. The van der Waals surface area contributed by atoms with Crippen LogP contribution in [0.25, 0.3) is 11.0 Å². The third-order valence-electron chi connectivity index (χ3n) is 2.02. The van der Waals surface area contributed by atoms with Crippen LogP contribution in [0.3, 0.4) is 0 Å². The van der Waals surface area contributed by atoms with Gasteiger partial charge in [-0.3, -0.25) is 0 Å². The first kappa shape index (κ1) is 14.4. The van der Waals surface area contributed by atoms with Crippen molar-refractivity contribution >= 4 is 11.0 Å². The highest BCUT2D eigenvalue weighted by Gasteiger charge is 2.23. The zero-order valence-electron chi connectivity index (χ0n) is 9.31. The molecule has 18 heavy (non-hydrogen) atoms. The summed E-state index contributed by atoms with van der Waals surface area (Å²) in [6.07, 6.45) is -2.77. The van der Waals surface area contributed by atoms with Gasteiger partial charge < -0.3 is 10.2 Å². The molecule has 2 rings (SSSR count). The summed E-state index contributed by atoms with van der Waals surface area (Å²) in [7, 11) is 0. The largest absolute Gasteiger partial charge is 0.461 e. The summed E-state index contributed by atoms with van der Waals surface area (Å²) in [5, 5.41) is 0.493. The lowest BCUT2D eigenvalue weighted by atomic mass is 10.2. The van der Waals surface area contributed by atoms with Crippen molar-refractivity contribution in [2.45, 2.75) is 13.1 Å². The second-order valence-electron chi connectivity index (χ2n) is 3.50. The fraction of sp³-hybridized carbons (Fsp3) is 0.273. The van der Waals surface area contributed by atoms with Gasteiger partial charge in [-0.1, -0.05) is 0 Å². The highest BCUT2D eigenvalue weighted by atomic mass is 19.4. The minimum absolute atomic E-state index is 0.119. The van der Waals surface area contributed by atoms with Gasteiger partial charge in [0.05, 0.1) is 12.8 Å². The van der Waals surface area contributed by atoms with Crippen molar-refractivity contribution in [3.05, 3.63) is 35.6 Å². The van der Waals surface area contributed by atoms with E-state index in [4.69, 9.17) is 4.42 Å². The molecule has 7 heteroatoms. The number of aryl methyl sites for hydroxylation is 1. The van der Waals surface area contributed by atoms with E-state index in [1.165, 1.54) is 12.3 Å². The molecule has 0 unspecified atom stereocenters. The molecule has 0 radical (unpaired) electrons. The summed E-state index contributed by atoms with van der Waals surface area (Å²) in [5.74, 6) is -1.23. The molecule has 0 aliphatic carbocycles. The number of fused-ring (bicyclic) bond motifs is 1. The average Bonchev–Trinajstić information content (AvgIpc) is 2.61. The summed E-state index contributed by atoms with van der Waals surface area (Å²) in [6, 6.07) is 2.07. The van der Waals surface area contributed by atoms with Crippen molar-refractivity contribution in [2.75, 3.05) is 6.54 Å². The predicted molar refractivity (Wildman–Crippen MR) is 56.0 cm³/mol. The maximum atomic E-state index is 12.9. The van der Waals surface area contributed by atoms with Gasteiger partial charge in [-0.05, 0) is 18.6 Å². The number of hydrogen-bond acceptors (Lipinski definition) is 2. The molecule has 0 amide bonds. The van der Waals surface area contributed by atoms with E-state index in [1.807, 2.05) is 0 Å². The number of furan rings is 1. The number of rotatable bonds is 0. The number of hydrogen-bond donors (Lipinski definition) is 1. The van der Waals surface area contributed by atoms with Crippen LogP contribution in [0.1, 0.15) is 5.56 Å². The molecule has 2 nitrogen and oxygen atoms in total. The van der Waals surface area contributed by atoms with Gasteiger partial charge in [0.2, 0.25) is 0 Å². The first-order valence-electron chi connectivity index (χ1n) is 4.84. The highest BCUT2D eigenvalue weighted by Crippen LogP contribution is 2.23. The van der Waals surface area contributed by atoms with Crippen LogP contribution in [0.4, 0.5) is 22.0 Å². The van der Waals surface area contributed by atoms with Crippen molar-refractivity contribution in [2.24, 2.45) is 5.73 Å². The lowest BCUT2D eigenvalue weighted by Crippen LogP contribution is -2.21. The van der Waals surface area contributed by atoms with E-state index < -0.39 is 24.4 Å². The second-order valence-corrected chi connectivity index (χ2v) is 3.50. The molecule has 1 aromatic heterocycles. The van der Waals surface area contributed by atoms with Gasteiger partial charge in [-0.25, -0.2) is 8.78 Å². The van der Waals surface area contributed by atoms with Gasteiger partial charge in [0.15, 0.2) is 11.4 Å². The van der Waals surface area contributed by atoms with E-state index in [9.17, 15) is 22.0 Å². The van der Waals surface area contributed by atoms with Crippen LogP contribution in [0.5, 0.6) is 0 Å². The highest BCUT2D eigenvalue weighted by molar-refractivity contribution is 5.81. The van der Waals surface area contributed by atoms with Crippen LogP contribution in [0, 0.1) is 18.6 Å². The molecular formula is C11H10F5NO. The minimum atomic E-state index is -4.18. The summed E-state index contributed by atoms with van der Waals surface area (Å²) < 4.78 is 62.5. The molecule has 0 saturated carbocycles. The van der Waals surface area contributed by atoms with Gasteiger partial charge in [0, 0.05) is 11.5 Å². The Hall–Kier alpha value is -1.63. The van der Waals surface area contributed by atoms with E-state index in [0.717, 1.165) is 11.6 Å². The molecule has 0 fully saturated rings. The van der Waals surface area contributed by atoms with E-state index in [0.29, 0.717) is 5.39 Å². The number of alkyl halides is 3. The summed E-state index contributed by atoms with van der Waals surface area (Å²) in [5.41, 5.74) is 5.04. The maximum absolute atomic E-state index is 12.9. The normalized spacial score (nSPS) is 11.3. The van der Waals surface area contributed by atoms with Gasteiger partial charge in [0.1, 0.15) is 5.82 Å². The van der Waals surface area contributed by atoms with Crippen molar-refractivity contribution in [3.63, 3.8) is 0 Å². The molecule has 0 aliphatic heterocycles. The molecular weight excluding hydrogens is 257 g/mol. The molecule has 0 bridgehead atoms. The van der Waals surface area contributed by atoms with Crippen LogP contribution < -0.4 is 5.73 Å². The van der Waals surface area contributed by atoms with Gasteiger partial charge in [-0.15, -0.1) is 0 Å². The van der Waals surface area contributed by atoms with Crippen LogP contribution in [0.2, 0.25) is 0 Å². The summed E-state index contributed by atoms with van der Waals surface area (Å²) >= 11 is 0. The Kier molecular flexibility index (Phi) is 4.28. The lowest BCUT2D eigenvalue weighted by molar-refractivity contribution is -0.118. The number of benzene rings is 1. The molecule has 2 aromatic rings. The van der Waals surface area contributed by atoms with Crippen molar-refractivity contribution in [1.82, 2.24) is 0 Å². The van der Waals surface area contributed by atoms with Crippen LogP contribution in [-0.4, -0.2) is 12.7 Å². The third kappa shape index (κ3) is 3.69. The molecule has 100 valence electrons. The molecule has 1 aromatic carbocycles. The smallest absolute Gasteiger partial charge is 0.400 e. The Morgan fingerprint density at radius 1 is 1.22 bits per heavy atom. The second kappa shape index (κ2) is 5.34. The summed E-state index contributed by atoms with van der Waals surface area (Å²) in [6.45, 7) is 0.512. The Bertz CT molecular complexity index is 532. The fourth-order valence-corrected chi connectivity index (χ4v) is 1.18. The standard InChI is InChI=1S/C9H6F2O.C2H4F3N/c1-5-4-12-9-7(5)2-6(10)3-8(9)11;3-2(4,5)1-6/h2-4H,1H3;1,6H2. The first-order chi connectivity index (χ1) is 8.24. The van der Waals surface area contributed by atoms with Crippen molar-refractivity contribution in [1.29, 1.82) is 0 Å². The Labute approximate surface area is 99.2 Å². The topological polar surface area (TPSA) is 39.2 Å². The van der Waals surface area contributed by atoms with Gasteiger partial charge >= 0.3 is 6.18 Å². The van der Waals surface area contributed by atoms with E-state index in [-0.39, 0.29) is 5.58 Å². The van der Waals surface area contributed by atoms with Crippen molar-refractivity contribution < 1.29 is 26.4 Å². The monoisotopic (exact) mass is 267 g/mol. The zero-order valence-corrected chi connectivity index (χ0v) is 9.31. The zero-order chi connectivity index (χ0) is 13.9. The van der Waals surface area contributed by atoms with E-state index >= 15 is 0 Å². The van der Waals surface area contributed by atoms with E-state index in [1.54, 1.807) is 6.92 Å². The number of halogens is 5. The van der Waals surface area contributed by atoms with Crippen LogP contribution >= 0.6 is 0 Å². The van der Waals surface area contributed by atoms with Crippen molar-refractivity contribution in [3.8, 4) is 0 Å². The molecule has 0 atom stereocenters.